The number of aryl methyl sites for hydroxylation is 1. The molecule has 35 heavy (non-hydrogen) atoms. The monoisotopic (exact) mass is 481 g/mol. The number of pyridine rings is 1. The molecule has 1 N–H and O–H groups in total. The molecule has 0 saturated carbocycles. The molecule has 1 saturated heterocycles. The number of nitrogens with zero attached hydrogens (tertiary/aromatic N) is 6. The van der Waals surface area contributed by atoms with Crippen molar-refractivity contribution in [2.24, 2.45) is 0 Å². The Bertz CT molecular complexity index is 1410. The Balaban J connectivity index is 1.53. The highest BCUT2D eigenvalue weighted by atomic mass is 19.1. The summed E-state index contributed by atoms with van der Waals surface area (Å²) in [6, 6.07) is 3.98. The highest BCUT2D eigenvalue weighted by Crippen LogP contribution is 2.28. The number of fused-ring (bicyclic) bond motifs is 2. The predicted octanol–water partition coefficient (Wildman–Crippen LogP) is 0.808. The molecule has 0 radical (unpaired) electrons. The molecule has 0 aromatic carbocycles. The first-order chi connectivity index (χ1) is 16.8. The summed E-state index contributed by atoms with van der Waals surface area (Å²) in [5, 5.41) is 6.96. The zero-order chi connectivity index (χ0) is 24.9. The number of amides is 3. The fourth-order valence-electron chi connectivity index (χ4n) is 4.72. The smallest absolute Gasteiger partial charge is 0.280 e. The topological polar surface area (TPSA) is 122 Å². The molecular weight excluding hydrogens is 457 g/mol. The van der Waals surface area contributed by atoms with Crippen LogP contribution in [0.5, 0.6) is 0 Å². The van der Waals surface area contributed by atoms with Crippen LogP contribution in [0.15, 0.2) is 29.2 Å². The van der Waals surface area contributed by atoms with Gasteiger partial charge in [0.1, 0.15) is 29.5 Å². The molecule has 0 aliphatic carbocycles. The van der Waals surface area contributed by atoms with Crippen LogP contribution < -0.4 is 10.9 Å². The van der Waals surface area contributed by atoms with Crippen LogP contribution in [0, 0.1) is 5.82 Å². The summed E-state index contributed by atoms with van der Waals surface area (Å²) in [5.74, 6) is -1.29. The van der Waals surface area contributed by atoms with Gasteiger partial charge >= 0.3 is 0 Å². The second-order valence-corrected chi connectivity index (χ2v) is 8.73. The molecule has 11 nitrogen and oxygen atoms in total. The van der Waals surface area contributed by atoms with Crippen LogP contribution >= 0.6 is 0 Å². The minimum Gasteiger partial charge on any atom is -0.341 e. The van der Waals surface area contributed by atoms with E-state index in [4.69, 9.17) is 0 Å². The normalized spacial score (nSPS) is 17.3. The molecule has 3 amide bonds. The molecule has 2 aliphatic heterocycles. The number of nitrogens with one attached hydrogen (secondary N) is 1. The third-order valence-electron chi connectivity index (χ3n) is 6.52. The van der Waals surface area contributed by atoms with Crippen molar-refractivity contribution in [2.75, 3.05) is 18.4 Å². The molecule has 5 rings (SSSR count). The lowest BCUT2D eigenvalue weighted by Gasteiger charge is -2.24. The van der Waals surface area contributed by atoms with E-state index in [-0.39, 0.29) is 48.0 Å². The SMILES string of the molecule is CCc1cc2n(CC(=O)Nc3ccc(F)cn3)c3c(c(=O)n2n1)CN([C@H]1CCN(C(C)=O)C1)C3=O. The number of carbonyl (C=O) groups is 3. The lowest BCUT2D eigenvalue weighted by molar-refractivity contribution is -0.128. The average molecular weight is 481 g/mol. The van der Waals surface area contributed by atoms with Crippen LogP contribution in [0.2, 0.25) is 0 Å². The van der Waals surface area contributed by atoms with Crippen molar-refractivity contribution in [3.05, 3.63) is 57.5 Å². The summed E-state index contributed by atoms with van der Waals surface area (Å²) in [5.41, 5.74) is 0.997. The van der Waals surface area contributed by atoms with Crippen molar-refractivity contribution in [1.29, 1.82) is 0 Å². The lowest BCUT2D eigenvalue weighted by Crippen LogP contribution is -2.39. The largest absolute Gasteiger partial charge is 0.341 e. The van der Waals surface area contributed by atoms with Crippen molar-refractivity contribution in [1.82, 2.24) is 29.0 Å². The minimum absolute atomic E-state index is 0.0622. The number of aromatic nitrogens is 4. The summed E-state index contributed by atoms with van der Waals surface area (Å²) < 4.78 is 15.9. The van der Waals surface area contributed by atoms with Gasteiger partial charge in [-0.2, -0.15) is 9.61 Å². The molecule has 0 unspecified atom stereocenters. The van der Waals surface area contributed by atoms with Gasteiger partial charge in [0.2, 0.25) is 11.8 Å². The van der Waals surface area contributed by atoms with Crippen molar-refractivity contribution < 1.29 is 18.8 Å². The van der Waals surface area contributed by atoms with Crippen molar-refractivity contribution in [3.63, 3.8) is 0 Å². The molecule has 1 fully saturated rings. The van der Waals surface area contributed by atoms with E-state index in [1.165, 1.54) is 28.1 Å². The van der Waals surface area contributed by atoms with Gasteiger partial charge in [0.05, 0.1) is 30.0 Å². The van der Waals surface area contributed by atoms with Gasteiger partial charge in [-0.3, -0.25) is 19.2 Å². The van der Waals surface area contributed by atoms with Crippen LogP contribution in [0.25, 0.3) is 5.65 Å². The van der Waals surface area contributed by atoms with E-state index in [0.717, 1.165) is 6.20 Å². The van der Waals surface area contributed by atoms with Gasteiger partial charge in [-0.1, -0.05) is 6.92 Å². The summed E-state index contributed by atoms with van der Waals surface area (Å²) in [6.07, 6.45) is 2.17. The fraction of sp³-hybridized carbons (Fsp3) is 0.391. The van der Waals surface area contributed by atoms with Gasteiger partial charge in [0.25, 0.3) is 11.5 Å². The van der Waals surface area contributed by atoms with E-state index in [0.29, 0.717) is 37.3 Å². The van der Waals surface area contributed by atoms with E-state index in [1.54, 1.807) is 15.9 Å². The average Bonchev–Trinajstić information content (AvgIpc) is 3.55. The molecule has 3 aromatic rings. The molecular formula is C23H24FN7O4. The van der Waals surface area contributed by atoms with Gasteiger partial charge in [-0.05, 0) is 25.0 Å². The van der Waals surface area contributed by atoms with Gasteiger partial charge in [0, 0.05) is 26.1 Å². The summed E-state index contributed by atoms with van der Waals surface area (Å²) in [4.78, 5) is 58.6. The van der Waals surface area contributed by atoms with E-state index in [1.807, 2.05) is 6.92 Å². The van der Waals surface area contributed by atoms with Crippen LogP contribution in [-0.4, -0.2) is 65.8 Å². The van der Waals surface area contributed by atoms with Crippen LogP contribution in [-0.2, 0) is 29.1 Å². The fourth-order valence-corrected chi connectivity index (χ4v) is 4.72. The molecule has 5 heterocycles. The summed E-state index contributed by atoms with van der Waals surface area (Å²) >= 11 is 0. The second kappa shape index (κ2) is 8.60. The third-order valence-corrected chi connectivity index (χ3v) is 6.52. The van der Waals surface area contributed by atoms with Crippen molar-refractivity contribution >= 4 is 29.2 Å². The Morgan fingerprint density at radius 3 is 2.71 bits per heavy atom. The zero-order valence-electron chi connectivity index (χ0n) is 19.3. The maximum Gasteiger partial charge on any atom is 0.280 e. The Morgan fingerprint density at radius 1 is 1.26 bits per heavy atom. The highest BCUT2D eigenvalue weighted by molar-refractivity contribution is 5.99. The second-order valence-electron chi connectivity index (χ2n) is 8.73. The summed E-state index contributed by atoms with van der Waals surface area (Å²) in [6.45, 7) is 4.13. The molecule has 12 heteroatoms. The Morgan fingerprint density at radius 2 is 2.06 bits per heavy atom. The first-order valence-electron chi connectivity index (χ1n) is 11.4. The molecule has 0 spiro atoms. The molecule has 182 valence electrons. The van der Waals surface area contributed by atoms with Crippen LogP contribution in [0.4, 0.5) is 10.2 Å². The first kappa shape index (κ1) is 22.7. The van der Waals surface area contributed by atoms with E-state index < -0.39 is 17.3 Å². The Labute approximate surface area is 199 Å². The molecule has 0 bridgehead atoms. The van der Waals surface area contributed by atoms with Gasteiger partial charge in [-0.25, -0.2) is 9.37 Å². The predicted molar refractivity (Wildman–Crippen MR) is 122 cm³/mol. The number of hydrogen-bond acceptors (Lipinski definition) is 6. The highest BCUT2D eigenvalue weighted by Gasteiger charge is 2.41. The molecule has 3 aromatic heterocycles. The zero-order valence-corrected chi connectivity index (χ0v) is 19.3. The molecule has 1 atom stereocenters. The van der Waals surface area contributed by atoms with Gasteiger partial charge in [-0.15, -0.1) is 0 Å². The number of likely N-dealkylation sites (tertiary alicyclic amines) is 1. The number of anilines is 1. The minimum atomic E-state index is -0.532. The van der Waals surface area contributed by atoms with Crippen LogP contribution in [0.3, 0.4) is 0 Å². The van der Waals surface area contributed by atoms with E-state index in [2.05, 4.69) is 15.4 Å². The number of rotatable bonds is 5. The van der Waals surface area contributed by atoms with Crippen molar-refractivity contribution in [3.8, 4) is 0 Å². The van der Waals surface area contributed by atoms with Gasteiger partial charge < -0.3 is 19.7 Å². The maximum atomic E-state index is 13.6. The van der Waals surface area contributed by atoms with Crippen LogP contribution in [0.1, 0.15) is 42.0 Å². The number of carbonyl (C=O) groups excluding carboxylic acids is 3. The quantitative estimate of drug-likeness (QED) is 0.576. The lowest BCUT2D eigenvalue weighted by atomic mass is 10.2. The first-order valence-corrected chi connectivity index (χ1v) is 11.4. The third kappa shape index (κ3) is 3.94. The Hall–Kier alpha value is -4.09. The van der Waals surface area contributed by atoms with E-state index in [9.17, 15) is 23.6 Å². The van der Waals surface area contributed by atoms with E-state index >= 15 is 0 Å². The Kier molecular flexibility index (Phi) is 5.58. The van der Waals surface area contributed by atoms with Gasteiger partial charge in [0.15, 0.2) is 0 Å². The standard InChI is InChI=1S/C23H24FN7O4/c1-3-15-8-20-30(12-19(33)26-18-5-4-14(24)9-25-18)21-17(22(34)31(20)27-15)11-29(23(21)35)16-6-7-28(10-16)13(2)32/h4-5,8-9,16H,3,6-7,10-12H2,1-2H3,(H,25,26,33)/t16-/m0/s1. The number of halogens is 1. The number of hydrogen-bond donors (Lipinski definition) is 1. The van der Waals surface area contributed by atoms with Crippen molar-refractivity contribution in [2.45, 2.75) is 45.8 Å². The maximum absolute atomic E-state index is 13.6. The summed E-state index contributed by atoms with van der Waals surface area (Å²) in [7, 11) is 0. The molecule has 2 aliphatic rings.